The van der Waals surface area contributed by atoms with Gasteiger partial charge in [-0.2, -0.15) is 0 Å². The Hall–Kier alpha value is -0.340. The molecule has 1 heterocycles. The lowest BCUT2D eigenvalue weighted by atomic mass is 10.3. The Kier molecular flexibility index (Phi) is 2.70. The Balaban J connectivity index is 1.79. The molecule has 13 heavy (non-hydrogen) atoms. The number of rotatable bonds is 4. The molecule has 0 spiro atoms. The summed E-state index contributed by atoms with van der Waals surface area (Å²) in [5.41, 5.74) is 1.44. The summed E-state index contributed by atoms with van der Waals surface area (Å²) in [4.78, 5) is 2.94. The second-order valence-electron chi connectivity index (χ2n) is 4.03. The maximum absolute atomic E-state index is 3.51. The van der Waals surface area contributed by atoms with Gasteiger partial charge in [0.05, 0.1) is 0 Å². The average Bonchev–Trinajstić information content (AvgIpc) is 2.82. The number of thiophene rings is 1. The minimum absolute atomic E-state index is 0.988. The smallest absolute Gasteiger partial charge is 0.0300 e. The SMILES string of the molecule is Cc1cc(CNCC2CC2)sc1C. The Labute approximate surface area is 84.2 Å². The molecule has 1 saturated carbocycles. The molecule has 0 bridgehead atoms. The van der Waals surface area contributed by atoms with Gasteiger partial charge < -0.3 is 5.32 Å². The van der Waals surface area contributed by atoms with Gasteiger partial charge in [-0.1, -0.05) is 0 Å². The third-order valence-electron chi connectivity index (χ3n) is 2.65. The average molecular weight is 195 g/mol. The van der Waals surface area contributed by atoms with Crippen molar-refractivity contribution in [1.82, 2.24) is 5.32 Å². The van der Waals surface area contributed by atoms with Crippen LogP contribution >= 0.6 is 11.3 Å². The standard InChI is InChI=1S/C11H17NS/c1-8-5-11(13-9(8)2)7-12-6-10-3-4-10/h5,10,12H,3-4,6-7H2,1-2H3. The Morgan fingerprint density at radius 1 is 1.46 bits per heavy atom. The summed E-state index contributed by atoms with van der Waals surface area (Å²) in [5.74, 6) is 0.988. The highest BCUT2D eigenvalue weighted by Gasteiger charge is 2.20. The predicted octanol–water partition coefficient (Wildman–Crippen LogP) is 2.86. The summed E-state index contributed by atoms with van der Waals surface area (Å²) < 4.78 is 0. The third-order valence-corrected chi connectivity index (χ3v) is 3.80. The molecule has 1 fully saturated rings. The van der Waals surface area contributed by atoms with Crippen LogP contribution < -0.4 is 5.32 Å². The van der Waals surface area contributed by atoms with Crippen molar-refractivity contribution < 1.29 is 0 Å². The van der Waals surface area contributed by atoms with Gasteiger partial charge >= 0.3 is 0 Å². The molecule has 1 aromatic heterocycles. The molecule has 0 unspecified atom stereocenters. The van der Waals surface area contributed by atoms with Gasteiger partial charge in [0.25, 0.3) is 0 Å². The van der Waals surface area contributed by atoms with Crippen LogP contribution in [0.1, 0.15) is 28.2 Å². The largest absolute Gasteiger partial charge is 0.312 e. The fourth-order valence-corrected chi connectivity index (χ4v) is 2.48. The van der Waals surface area contributed by atoms with Crippen LogP contribution in [0.25, 0.3) is 0 Å². The monoisotopic (exact) mass is 195 g/mol. The fourth-order valence-electron chi connectivity index (χ4n) is 1.46. The first-order chi connectivity index (χ1) is 6.25. The summed E-state index contributed by atoms with van der Waals surface area (Å²) in [7, 11) is 0. The first-order valence-corrected chi connectivity index (χ1v) is 5.84. The first kappa shape index (κ1) is 9.22. The van der Waals surface area contributed by atoms with E-state index in [9.17, 15) is 0 Å². The molecule has 0 aliphatic heterocycles. The fraction of sp³-hybridized carbons (Fsp3) is 0.636. The van der Waals surface area contributed by atoms with Crippen LogP contribution in [0.4, 0.5) is 0 Å². The number of aryl methyl sites for hydroxylation is 2. The molecule has 1 aliphatic carbocycles. The molecule has 1 N–H and O–H groups in total. The predicted molar refractivity (Wildman–Crippen MR) is 58.2 cm³/mol. The van der Waals surface area contributed by atoms with Crippen LogP contribution in [-0.4, -0.2) is 6.54 Å². The van der Waals surface area contributed by atoms with Gasteiger partial charge in [0.1, 0.15) is 0 Å². The summed E-state index contributed by atoms with van der Waals surface area (Å²) in [6.45, 7) is 6.67. The maximum Gasteiger partial charge on any atom is 0.0300 e. The molecule has 0 saturated heterocycles. The number of hydrogen-bond acceptors (Lipinski definition) is 2. The molecule has 1 nitrogen and oxygen atoms in total. The van der Waals surface area contributed by atoms with E-state index in [0.29, 0.717) is 0 Å². The molecule has 0 amide bonds. The second kappa shape index (κ2) is 3.81. The van der Waals surface area contributed by atoms with Gasteiger partial charge in [0, 0.05) is 16.3 Å². The molecular weight excluding hydrogens is 178 g/mol. The maximum atomic E-state index is 3.51. The lowest BCUT2D eigenvalue weighted by Crippen LogP contribution is -2.15. The van der Waals surface area contributed by atoms with Gasteiger partial charge in [-0.25, -0.2) is 0 Å². The highest BCUT2D eigenvalue weighted by Crippen LogP contribution is 2.28. The molecule has 1 aromatic rings. The van der Waals surface area contributed by atoms with Crippen LogP contribution in [0, 0.1) is 19.8 Å². The molecule has 2 rings (SSSR count). The molecule has 2 heteroatoms. The quantitative estimate of drug-likeness (QED) is 0.779. The summed E-state index contributed by atoms with van der Waals surface area (Å²) in [6, 6.07) is 2.31. The van der Waals surface area contributed by atoms with E-state index in [1.807, 2.05) is 11.3 Å². The van der Waals surface area contributed by atoms with Crippen LogP contribution in [-0.2, 0) is 6.54 Å². The first-order valence-electron chi connectivity index (χ1n) is 5.02. The second-order valence-corrected chi connectivity index (χ2v) is 5.37. The van der Waals surface area contributed by atoms with Gasteiger partial charge in [0.2, 0.25) is 0 Å². The van der Waals surface area contributed by atoms with Crippen LogP contribution in [0.5, 0.6) is 0 Å². The minimum Gasteiger partial charge on any atom is -0.312 e. The molecule has 72 valence electrons. The zero-order valence-electron chi connectivity index (χ0n) is 8.39. The zero-order valence-corrected chi connectivity index (χ0v) is 9.21. The van der Waals surface area contributed by atoms with Gasteiger partial charge in [-0.15, -0.1) is 11.3 Å². The van der Waals surface area contributed by atoms with E-state index in [0.717, 1.165) is 12.5 Å². The van der Waals surface area contributed by atoms with Crippen LogP contribution in [0.15, 0.2) is 6.07 Å². The topological polar surface area (TPSA) is 12.0 Å². The van der Waals surface area contributed by atoms with Gasteiger partial charge in [0.15, 0.2) is 0 Å². The van der Waals surface area contributed by atoms with Crippen LogP contribution in [0.2, 0.25) is 0 Å². The van der Waals surface area contributed by atoms with Crippen LogP contribution in [0.3, 0.4) is 0 Å². The van der Waals surface area contributed by atoms with Crippen molar-refractivity contribution >= 4 is 11.3 Å². The van der Waals surface area contributed by atoms with Crippen molar-refractivity contribution in [2.45, 2.75) is 33.2 Å². The molecular formula is C11H17NS. The highest BCUT2D eigenvalue weighted by atomic mass is 32.1. The third kappa shape index (κ3) is 2.55. The van der Waals surface area contributed by atoms with E-state index in [1.165, 1.54) is 34.7 Å². The van der Waals surface area contributed by atoms with Crippen molar-refractivity contribution in [2.75, 3.05) is 6.54 Å². The van der Waals surface area contributed by atoms with E-state index in [1.54, 1.807) is 0 Å². The molecule has 0 aromatic carbocycles. The van der Waals surface area contributed by atoms with E-state index >= 15 is 0 Å². The number of hydrogen-bond donors (Lipinski definition) is 1. The summed E-state index contributed by atoms with van der Waals surface area (Å²) >= 11 is 1.92. The van der Waals surface area contributed by atoms with Crippen molar-refractivity contribution in [1.29, 1.82) is 0 Å². The zero-order chi connectivity index (χ0) is 9.26. The van der Waals surface area contributed by atoms with Crippen molar-refractivity contribution in [3.63, 3.8) is 0 Å². The number of nitrogens with one attached hydrogen (secondary N) is 1. The van der Waals surface area contributed by atoms with Crippen molar-refractivity contribution in [2.24, 2.45) is 5.92 Å². The van der Waals surface area contributed by atoms with Gasteiger partial charge in [-0.05, 0) is 50.8 Å². The Morgan fingerprint density at radius 3 is 2.77 bits per heavy atom. The summed E-state index contributed by atoms with van der Waals surface area (Å²) in [5, 5.41) is 3.51. The Bertz CT molecular complexity index is 267. The normalized spacial score (nSPS) is 16.5. The van der Waals surface area contributed by atoms with E-state index in [4.69, 9.17) is 0 Å². The van der Waals surface area contributed by atoms with E-state index in [-0.39, 0.29) is 0 Å². The highest BCUT2D eigenvalue weighted by molar-refractivity contribution is 7.12. The minimum atomic E-state index is 0.988. The summed E-state index contributed by atoms with van der Waals surface area (Å²) in [6.07, 6.45) is 2.88. The van der Waals surface area contributed by atoms with Crippen molar-refractivity contribution in [3.05, 3.63) is 21.4 Å². The Morgan fingerprint density at radius 2 is 2.23 bits per heavy atom. The molecule has 0 radical (unpaired) electrons. The van der Waals surface area contributed by atoms with Gasteiger partial charge in [-0.3, -0.25) is 0 Å². The lowest BCUT2D eigenvalue weighted by molar-refractivity contribution is 0.643. The molecule has 0 atom stereocenters. The lowest BCUT2D eigenvalue weighted by Gasteiger charge is -1.99. The van der Waals surface area contributed by atoms with E-state index in [2.05, 4.69) is 25.2 Å². The van der Waals surface area contributed by atoms with Crippen molar-refractivity contribution in [3.8, 4) is 0 Å². The molecule has 1 aliphatic rings. The van der Waals surface area contributed by atoms with E-state index < -0.39 is 0 Å².